The van der Waals surface area contributed by atoms with E-state index < -0.39 is 0 Å². The summed E-state index contributed by atoms with van der Waals surface area (Å²) in [5.41, 5.74) is 10.8. The van der Waals surface area contributed by atoms with Crippen LogP contribution in [0.4, 0.5) is 5.69 Å². The van der Waals surface area contributed by atoms with Crippen molar-refractivity contribution in [1.29, 1.82) is 0 Å². The predicted molar refractivity (Wildman–Crippen MR) is 165 cm³/mol. The van der Waals surface area contributed by atoms with Crippen molar-refractivity contribution in [3.63, 3.8) is 0 Å². The normalized spacial score (nSPS) is 16.6. The molecule has 39 heavy (non-hydrogen) atoms. The Morgan fingerprint density at radius 3 is 2.59 bits per heavy atom. The molecule has 1 unspecified atom stereocenters. The predicted octanol–water partition coefficient (Wildman–Crippen LogP) is 9.33. The van der Waals surface area contributed by atoms with Crippen LogP contribution in [0.2, 0.25) is 0 Å². The smallest absolute Gasteiger partial charge is 0.0727 e. The summed E-state index contributed by atoms with van der Waals surface area (Å²) in [4.78, 5) is 5.25. The van der Waals surface area contributed by atoms with E-state index in [0.717, 1.165) is 29.1 Å². The third-order valence-corrected chi connectivity index (χ3v) is 8.16. The SMILES string of the molecule is C/C=C\C(=Nc1ccc2c(c1)c1cccc3c1n2C1CC=CC=C31)c1cn(-c2ccccc2)c2ccccc12. The van der Waals surface area contributed by atoms with Crippen LogP contribution in [0.25, 0.3) is 44.0 Å². The first-order chi connectivity index (χ1) is 19.3. The maximum absolute atomic E-state index is 5.25. The minimum atomic E-state index is 0.379. The Hall–Kier alpha value is -4.89. The number of nitrogens with zero attached hydrogens (tertiary/aromatic N) is 3. The molecule has 186 valence electrons. The van der Waals surface area contributed by atoms with E-state index in [1.807, 2.05) is 0 Å². The molecule has 0 radical (unpaired) electrons. The van der Waals surface area contributed by atoms with E-state index in [1.165, 1.54) is 43.8 Å². The van der Waals surface area contributed by atoms with E-state index in [4.69, 9.17) is 4.99 Å². The lowest BCUT2D eigenvalue weighted by molar-refractivity contribution is 0.684. The van der Waals surface area contributed by atoms with Gasteiger partial charge in [-0.1, -0.05) is 78.9 Å². The molecule has 0 spiro atoms. The second kappa shape index (κ2) is 8.57. The summed E-state index contributed by atoms with van der Waals surface area (Å²) >= 11 is 0. The largest absolute Gasteiger partial charge is 0.332 e. The van der Waals surface area contributed by atoms with Gasteiger partial charge in [-0.3, -0.25) is 0 Å². The minimum absolute atomic E-state index is 0.379. The highest BCUT2D eigenvalue weighted by atomic mass is 15.0. The first-order valence-corrected chi connectivity index (χ1v) is 13.6. The van der Waals surface area contributed by atoms with E-state index >= 15 is 0 Å². The molecule has 2 aliphatic rings. The summed E-state index contributed by atoms with van der Waals surface area (Å²) in [6, 6.07) is 32.9. The van der Waals surface area contributed by atoms with Crippen molar-refractivity contribution < 1.29 is 0 Å². The molecule has 1 aliphatic carbocycles. The Balaban J connectivity index is 1.32. The summed E-state index contributed by atoms with van der Waals surface area (Å²) in [6.45, 7) is 2.06. The Labute approximate surface area is 227 Å². The molecule has 0 saturated carbocycles. The highest BCUT2D eigenvalue weighted by molar-refractivity contribution is 6.18. The van der Waals surface area contributed by atoms with Crippen molar-refractivity contribution in [2.24, 2.45) is 4.99 Å². The van der Waals surface area contributed by atoms with Gasteiger partial charge in [-0.15, -0.1) is 0 Å². The summed E-state index contributed by atoms with van der Waals surface area (Å²) in [6.07, 6.45) is 14.2. The number of aromatic nitrogens is 2. The van der Waals surface area contributed by atoms with Crippen LogP contribution in [0.3, 0.4) is 0 Å². The molecule has 3 nitrogen and oxygen atoms in total. The molecule has 6 aromatic rings. The van der Waals surface area contributed by atoms with Crippen molar-refractivity contribution in [3.05, 3.63) is 139 Å². The van der Waals surface area contributed by atoms with Crippen LogP contribution < -0.4 is 0 Å². The highest BCUT2D eigenvalue weighted by Gasteiger charge is 2.31. The molecule has 0 N–H and O–H groups in total. The lowest BCUT2D eigenvalue weighted by Crippen LogP contribution is -2.05. The van der Waals surface area contributed by atoms with E-state index in [1.54, 1.807) is 0 Å². The van der Waals surface area contributed by atoms with E-state index in [-0.39, 0.29) is 0 Å². The maximum atomic E-state index is 5.25. The number of benzene rings is 4. The molecule has 3 heteroatoms. The van der Waals surface area contributed by atoms with Gasteiger partial charge in [0.25, 0.3) is 0 Å². The molecule has 4 aromatic carbocycles. The molecular formula is C36H27N3. The number of allylic oxidation sites excluding steroid dienone is 6. The molecule has 1 aliphatic heterocycles. The van der Waals surface area contributed by atoms with Crippen molar-refractivity contribution in [2.75, 3.05) is 0 Å². The highest BCUT2D eigenvalue weighted by Crippen LogP contribution is 2.49. The zero-order chi connectivity index (χ0) is 25.9. The lowest BCUT2D eigenvalue weighted by Gasteiger charge is -2.18. The third-order valence-electron chi connectivity index (χ3n) is 8.16. The Kier molecular flexibility index (Phi) is 4.86. The van der Waals surface area contributed by atoms with Crippen LogP contribution in [0.15, 0.2) is 133 Å². The number of para-hydroxylation sites is 3. The van der Waals surface area contributed by atoms with Gasteiger partial charge in [-0.25, -0.2) is 4.99 Å². The number of fused-ring (bicyclic) bond motifs is 7. The molecule has 1 atom stereocenters. The Bertz CT molecular complexity index is 2040. The monoisotopic (exact) mass is 501 g/mol. The van der Waals surface area contributed by atoms with Crippen LogP contribution in [0, 0.1) is 0 Å². The minimum Gasteiger partial charge on any atom is -0.332 e. The molecule has 0 bridgehead atoms. The standard InChI is InChI=1S/C36H27N3/c1-2-11-32(31-23-38(25-12-4-3-5-13-25)33-18-8-6-15-27(31)33)37-24-20-21-35-30(22-24)29-17-10-16-28-26-14-7-9-19-34(26)39(35)36(28)29/h2-18,20-23,34H,19H2,1H3/b11-2-,37-32?. The molecule has 0 amide bonds. The van der Waals surface area contributed by atoms with Crippen LogP contribution in [0.5, 0.6) is 0 Å². The molecule has 3 heterocycles. The van der Waals surface area contributed by atoms with Gasteiger partial charge in [0.2, 0.25) is 0 Å². The summed E-state index contributed by atoms with van der Waals surface area (Å²) < 4.78 is 4.81. The first-order valence-electron chi connectivity index (χ1n) is 13.6. The van der Waals surface area contributed by atoms with Crippen molar-refractivity contribution in [2.45, 2.75) is 19.4 Å². The topological polar surface area (TPSA) is 22.2 Å². The van der Waals surface area contributed by atoms with Crippen LogP contribution in [-0.2, 0) is 0 Å². The number of hydrogen-bond acceptors (Lipinski definition) is 1. The van der Waals surface area contributed by atoms with Crippen LogP contribution in [0.1, 0.15) is 30.5 Å². The summed E-state index contributed by atoms with van der Waals surface area (Å²) in [7, 11) is 0. The van der Waals surface area contributed by atoms with Gasteiger partial charge in [-0.2, -0.15) is 0 Å². The Morgan fingerprint density at radius 2 is 1.69 bits per heavy atom. The first kappa shape index (κ1) is 22.1. The molecule has 8 rings (SSSR count). The van der Waals surface area contributed by atoms with Gasteiger partial charge in [0.1, 0.15) is 0 Å². The van der Waals surface area contributed by atoms with Crippen molar-refractivity contribution >= 4 is 49.7 Å². The molecule has 0 fully saturated rings. The second-order valence-corrected chi connectivity index (χ2v) is 10.3. The number of aliphatic imine (C=N–C) groups is 1. The van der Waals surface area contributed by atoms with Gasteiger partial charge in [0, 0.05) is 44.7 Å². The molecule has 2 aromatic heterocycles. The summed E-state index contributed by atoms with van der Waals surface area (Å²) in [5, 5.41) is 3.77. The zero-order valence-electron chi connectivity index (χ0n) is 21.8. The van der Waals surface area contributed by atoms with Crippen molar-refractivity contribution in [3.8, 4) is 5.69 Å². The second-order valence-electron chi connectivity index (χ2n) is 10.3. The van der Waals surface area contributed by atoms with Crippen LogP contribution >= 0.6 is 0 Å². The fraction of sp³-hybridized carbons (Fsp3) is 0.0833. The zero-order valence-corrected chi connectivity index (χ0v) is 21.8. The molecular weight excluding hydrogens is 474 g/mol. The van der Waals surface area contributed by atoms with E-state index in [0.29, 0.717) is 6.04 Å². The number of rotatable bonds is 4. The van der Waals surface area contributed by atoms with Gasteiger partial charge < -0.3 is 9.13 Å². The van der Waals surface area contributed by atoms with E-state index in [9.17, 15) is 0 Å². The van der Waals surface area contributed by atoms with Crippen LogP contribution in [-0.4, -0.2) is 14.8 Å². The lowest BCUT2D eigenvalue weighted by atomic mass is 9.94. The molecule has 0 saturated heterocycles. The number of hydrogen-bond donors (Lipinski definition) is 0. The van der Waals surface area contributed by atoms with E-state index in [2.05, 4.69) is 144 Å². The van der Waals surface area contributed by atoms with Crippen molar-refractivity contribution in [1.82, 2.24) is 9.13 Å². The van der Waals surface area contributed by atoms with Gasteiger partial charge in [0.15, 0.2) is 0 Å². The fourth-order valence-corrected chi connectivity index (χ4v) is 6.52. The fourth-order valence-electron chi connectivity index (χ4n) is 6.52. The average Bonchev–Trinajstić information content (AvgIpc) is 3.65. The Morgan fingerprint density at radius 1 is 0.846 bits per heavy atom. The summed E-state index contributed by atoms with van der Waals surface area (Å²) in [5.74, 6) is 0. The van der Waals surface area contributed by atoms with Gasteiger partial charge in [-0.05, 0) is 61.4 Å². The van der Waals surface area contributed by atoms with Gasteiger partial charge in [0.05, 0.1) is 28.5 Å². The third kappa shape index (κ3) is 3.26. The van der Waals surface area contributed by atoms with Gasteiger partial charge >= 0.3 is 0 Å². The average molecular weight is 502 g/mol. The maximum Gasteiger partial charge on any atom is 0.0727 e. The quantitative estimate of drug-likeness (QED) is 0.215.